The van der Waals surface area contributed by atoms with E-state index in [1.807, 2.05) is 4.90 Å². The minimum absolute atomic E-state index is 0.126. The van der Waals surface area contributed by atoms with Gasteiger partial charge in [-0.1, -0.05) is 0 Å². The molecule has 104 valence electrons. The summed E-state index contributed by atoms with van der Waals surface area (Å²) in [6.07, 6.45) is 1.12. The molecule has 0 spiro atoms. The summed E-state index contributed by atoms with van der Waals surface area (Å²) in [6, 6.07) is 4.49. The molecule has 19 heavy (non-hydrogen) atoms. The van der Waals surface area contributed by atoms with Crippen LogP contribution in [0.5, 0.6) is 0 Å². The monoisotopic (exact) mass is 303 g/mol. The molecule has 1 heterocycles. The van der Waals surface area contributed by atoms with Crippen molar-refractivity contribution >= 4 is 32.4 Å². The highest BCUT2D eigenvalue weighted by molar-refractivity contribution is 7.90. The maximum Gasteiger partial charge on any atom is 0.252 e. The fourth-order valence-corrected chi connectivity index (χ4v) is 3.03. The van der Waals surface area contributed by atoms with Crippen LogP contribution in [0.15, 0.2) is 23.1 Å². The zero-order valence-electron chi connectivity index (χ0n) is 10.4. The first-order valence-corrected chi connectivity index (χ1v) is 8.03. The van der Waals surface area contributed by atoms with Gasteiger partial charge in [0.2, 0.25) is 0 Å². The molecule has 1 fully saturated rings. The number of hydrogen-bond donors (Lipinski definition) is 0. The van der Waals surface area contributed by atoms with Crippen molar-refractivity contribution in [2.24, 2.45) is 0 Å². The number of rotatable bonds is 3. The molecule has 2 rings (SSSR count). The van der Waals surface area contributed by atoms with Crippen molar-refractivity contribution in [3.8, 4) is 0 Å². The number of hydrogen-bond acceptors (Lipinski definition) is 5. The number of carbonyl (C=O) groups excluding carboxylic acids is 1. The van der Waals surface area contributed by atoms with Crippen LogP contribution in [0.25, 0.3) is 0 Å². The van der Waals surface area contributed by atoms with E-state index in [0.717, 1.165) is 6.26 Å². The van der Waals surface area contributed by atoms with Gasteiger partial charge >= 0.3 is 0 Å². The van der Waals surface area contributed by atoms with Crippen molar-refractivity contribution in [2.75, 3.05) is 37.5 Å². The summed E-state index contributed by atoms with van der Waals surface area (Å²) in [5, 5.41) is -0.668. The maximum absolute atomic E-state index is 11.9. The van der Waals surface area contributed by atoms with Gasteiger partial charge in [0.25, 0.3) is 5.24 Å². The molecule has 1 aliphatic heterocycles. The lowest BCUT2D eigenvalue weighted by Gasteiger charge is -2.30. The molecule has 0 radical (unpaired) electrons. The van der Waals surface area contributed by atoms with E-state index in [9.17, 15) is 13.2 Å². The second-order valence-corrected chi connectivity index (χ2v) is 6.66. The Hall–Kier alpha value is -1.11. The molecule has 0 unspecified atom stereocenters. The van der Waals surface area contributed by atoms with Gasteiger partial charge < -0.3 is 9.64 Å². The lowest BCUT2D eigenvalue weighted by molar-refractivity contribution is 0.108. The third-order valence-corrected chi connectivity index (χ3v) is 4.28. The van der Waals surface area contributed by atoms with Crippen molar-refractivity contribution in [3.63, 3.8) is 0 Å². The molecule has 5 nitrogen and oxygen atoms in total. The van der Waals surface area contributed by atoms with Crippen molar-refractivity contribution in [1.82, 2.24) is 0 Å². The van der Waals surface area contributed by atoms with Gasteiger partial charge in [-0.2, -0.15) is 0 Å². The molecule has 7 heteroatoms. The Kier molecular flexibility index (Phi) is 4.13. The third kappa shape index (κ3) is 3.26. The van der Waals surface area contributed by atoms with E-state index in [1.54, 1.807) is 6.07 Å². The second kappa shape index (κ2) is 5.48. The number of ether oxygens (including phenoxy) is 1. The van der Waals surface area contributed by atoms with Crippen molar-refractivity contribution in [3.05, 3.63) is 23.8 Å². The zero-order chi connectivity index (χ0) is 14.0. The van der Waals surface area contributed by atoms with Crippen LogP contribution in [0.1, 0.15) is 10.4 Å². The van der Waals surface area contributed by atoms with E-state index in [2.05, 4.69) is 0 Å². The molecule has 0 saturated carbocycles. The van der Waals surface area contributed by atoms with E-state index in [1.165, 1.54) is 12.1 Å². The Bertz CT molecular complexity index is 594. The van der Waals surface area contributed by atoms with E-state index in [-0.39, 0.29) is 10.5 Å². The number of halogens is 1. The smallest absolute Gasteiger partial charge is 0.252 e. The molecule has 0 aliphatic carbocycles. The topological polar surface area (TPSA) is 63.7 Å². The van der Waals surface area contributed by atoms with E-state index >= 15 is 0 Å². The molecule has 1 saturated heterocycles. The molecule has 0 amide bonds. The van der Waals surface area contributed by atoms with Gasteiger partial charge in [0.15, 0.2) is 9.84 Å². The normalized spacial score (nSPS) is 16.4. The Balaban J connectivity index is 2.50. The highest BCUT2D eigenvalue weighted by Gasteiger charge is 2.21. The predicted octanol–water partition coefficient (Wildman–Crippen LogP) is 1.31. The highest BCUT2D eigenvalue weighted by Crippen LogP contribution is 2.27. The number of anilines is 1. The minimum Gasteiger partial charge on any atom is -0.378 e. The van der Waals surface area contributed by atoms with Crippen LogP contribution in [0.3, 0.4) is 0 Å². The van der Waals surface area contributed by atoms with E-state index in [0.29, 0.717) is 32.0 Å². The average molecular weight is 304 g/mol. The Morgan fingerprint density at radius 3 is 2.47 bits per heavy atom. The summed E-state index contributed by atoms with van der Waals surface area (Å²) in [4.78, 5) is 13.2. The average Bonchev–Trinajstić information content (AvgIpc) is 2.38. The van der Waals surface area contributed by atoms with Gasteiger partial charge in [-0.15, -0.1) is 0 Å². The van der Waals surface area contributed by atoms with Gasteiger partial charge in [0, 0.05) is 24.9 Å². The standard InChI is InChI=1S/C12H14ClNO4S/c1-19(16,17)11-8-9(12(13)15)2-3-10(11)14-4-6-18-7-5-14/h2-3,8H,4-7H2,1H3. The van der Waals surface area contributed by atoms with Gasteiger partial charge in [-0.25, -0.2) is 8.42 Å². The number of carbonyl (C=O) groups is 1. The lowest BCUT2D eigenvalue weighted by atomic mass is 10.2. The van der Waals surface area contributed by atoms with Gasteiger partial charge in [-0.05, 0) is 29.8 Å². The van der Waals surface area contributed by atoms with Crippen molar-refractivity contribution in [1.29, 1.82) is 0 Å². The van der Waals surface area contributed by atoms with Crippen LogP contribution in [-0.2, 0) is 14.6 Å². The van der Waals surface area contributed by atoms with E-state index < -0.39 is 15.1 Å². The Morgan fingerprint density at radius 2 is 1.95 bits per heavy atom. The summed E-state index contributed by atoms with van der Waals surface area (Å²) in [5.41, 5.74) is 0.770. The molecular formula is C12H14ClNO4S. The number of morpholine rings is 1. The van der Waals surface area contributed by atoms with Crippen LogP contribution in [0, 0.1) is 0 Å². The van der Waals surface area contributed by atoms with Crippen LogP contribution in [-0.4, -0.2) is 46.2 Å². The molecule has 0 bridgehead atoms. The van der Waals surface area contributed by atoms with Crippen LogP contribution in [0.4, 0.5) is 5.69 Å². The summed E-state index contributed by atoms with van der Waals surface area (Å²) >= 11 is 5.40. The molecular weight excluding hydrogens is 290 g/mol. The zero-order valence-corrected chi connectivity index (χ0v) is 12.0. The summed E-state index contributed by atoms with van der Waals surface area (Å²) in [6.45, 7) is 2.35. The van der Waals surface area contributed by atoms with Gasteiger partial charge in [-0.3, -0.25) is 4.79 Å². The third-order valence-electron chi connectivity index (χ3n) is 2.94. The summed E-state index contributed by atoms with van der Waals surface area (Å²) < 4.78 is 29.0. The van der Waals surface area contributed by atoms with Crippen LogP contribution >= 0.6 is 11.6 Å². The number of nitrogens with zero attached hydrogens (tertiary/aromatic N) is 1. The minimum atomic E-state index is -3.43. The number of benzene rings is 1. The van der Waals surface area contributed by atoms with Crippen LogP contribution < -0.4 is 4.90 Å². The highest BCUT2D eigenvalue weighted by atomic mass is 35.5. The SMILES string of the molecule is CS(=O)(=O)c1cc(C(=O)Cl)ccc1N1CCOCC1. The van der Waals surface area contributed by atoms with Gasteiger partial charge in [0.1, 0.15) is 0 Å². The number of sulfone groups is 1. The fourth-order valence-electron chi connectivity index (χ4n) is 2.00. The quantitative estimate of drug-likeness (QED) is 0.788. The first kappa shape index (κ1) is 14.3. The molecule has 1 aromatic carbocycles. The van der Waals surface area contributed by atoms with Crippen molar-refractivity contribution < 1.29 is 17.9 Å². The molecule has 0 N–H and O–H groups in total. The molecule has 1 aliphatic rings. The predicted molar refractivity (Wildman–Crippen MR) is 72.8 cm³/mol. The lowest BCUT2D eigenvalue weighted by Crippen LogP contribution is -2.37. The first-order chi connectivity index (χ1) is 8.89. The summed E-state index contributed by atoms with van der Waals surface area (Å²) in [7, 11) is -3.43. The Morgan fingerprint density at radius 1 is 1.32 bits per heavy atom. The van der Waals surface area contributed by atoms with E-state index in [4.69, 9.17) is 16.3 Å². The Labute approximate surface area is 117 Å². The van der Waals surface area contributed by atoms with Crippen molar-refractivity contribution in [2.45, 2.75) is 4.90 Å². The largest absolute Gasteiger partial charge is 0.378 e. The fraction of sp³-hybridized carbons (Fsp3) is 0.417. The molecule has 0 atom stereocenters. The van der Waals surface area contributed by atoms with Crippen LogP contribution in [0.2, 0.25) is 0 Å². The molecule has 1 aromatic rings. The second-order valence-electron chi connectivity index (χ2n) is 4.33. The molecule has 0 aromatic heterocycles. The summed E-state index contributed by atoms with van der Waals surface area (Å²) in [5.74, 6) is 0. The van der Waals surface area contributed by atoms with Gasteiger partial charge in [0.05, 0.1) is 23.8 Å². The maximum atomic E-state index is 11.9. The first-order valence-electron chi connectivity index (χ1n) is 5.76.